The first-order valence-corrected chi connectivity index (χ1v) is 5.67. The van der Waals surface area contributed by atoms with Gasteiger partial charge in [-0.25, -0.2) is 0 Å². The lowest BCUT2D eigenvalue weighted by Gasteiger charge is -2.19. The summed E-state index contributed by atoms with van der Waals surface area (Å²) < 4.78 is 10.5. The SMILES string of the molecule is COc1ccc(OCCC[C@](C)(O)CO)cc1. The first-order valence-electron chi connectivity index (χ1n) is 5.67. The molecule has 17 heavy (non-hydrogen) atoms. The average Bonchev–Trinajstić information content (AvgIpc) is 2.35. The largest absolute Gasteiger partial charge is 0.497 e. The van der Waals surface area contributed by atoms with Crippen LogP contribution in [0, 0.1) is 0 Å². The summed E-state index contributed by atoms with van der Waals surface area (Å²) in [5, 5.41) is 18.4. The van der Waals surface area contributed by atoms with Crippen LogP contribution in [0.4, 0.5) is 0 Å². The van der Waals surface area contributed by atoms with E-state index in [0.29, 0.717) is 19.4 Å². The third-order valence-corrected chi connectivity index (χ3v) is 2.53. The molecule has 2 N–H and O–H groups in total. The number of ether oxygens (including phenoxy) is 2. The quantitative estimate of drug-likeness (QED) is 0.711. The minimum atomic E-state index is -1.01. The fourth-order valence-corrected chi connectivity index (χ4v) is 1.39. The number of aliphatic hydroxyl groups excluding tert-OH is 1. The maximum atomic E-state index is 9.57. The van der Waals surface area contributed by atoms with Crippen molar-refractivity contribution in [3.8, 4) is 11.5 Å². The van der Waals surface area contributed by atoms with Gasteiger partial charge in [-0.05, 0) is 44.0 Å². The Labute approximate surface area is 102 Å². The molecule has 0 fully saturated rings. The molecule has 0 aliphatic heterocycles. The Morgan fingerprint density at radius 2 is 1.76 bits per heavy atom. The van der Waals surface area contributed by atoms with E-state index in [1.165, 1.54) is 0 Å². The number of hydrogen-bond donors (Lipinski definition) is 2. The van der Waals surface area contributed by atoms with Crippen LogP contribution >= 0.6 is 0 Å². The molecule has 0 aliphatic rings. The van der Waals surface area contributed by atoms with Gasteiger partial charge in [-0.15, -0.1) is 0 Å². The molecule has 0 bridgehead atoms. The van der Waals surface area contributed by atoms with Crippen molar-refractivity contribution < 1.29 is 19.7 Å². The summed E-state index contributed by atoms with van der Waals surface area (Å²) >= 11 is 0. The van der Waals surface area contributed by atoms with Crippen molar-refractivity contribution in [2.24, 2.45) is 0 Å². The summed E-state index contributed by atoms with van der Waals surface area (Å²) in [7, 11) is 1.62. The molecule has 0 saturated heterocycles. The van der Waals surface area contributed by atoms with Crippen LogP contribution in [-0.4, -0.2) is 36.1 Å². The van der Waals surface area contributed by atoms with E-state index >= 15 is 0 Å². The van der Waals surface area contributed by atoms with E-state index in [4.69, 9.17) is 14.6 Å². The van der Waals surface area contributed by atoms with Gasteiger partial charge in [0.1, 0.15) is 11.5 Å². The van der Waals surface area contributed by atoms with Crippen LogP contribution in [0.5, 0.6) is 11.5 Å². The van der Waals surface area contributed by atoms with E-state index in [1.54, 1.807) is 14.0 Å². The summed E-state index contributed by atoms with van der Waals surface area (Å²) in [4.78, 5) is 0. The first-order chi connectivity index (χ1) is 8.07. The maximum absolute atomic E-state index is 9.57. The van der Waals surface area contributed by atoms with Gasteiger partial charge in [0.15, 0.2) is 0 Å². The van der Waals surface area contributed by atoms with E-state index in [1.807, 2.05) is 24.3 Å². The van der Waals surface area contributed by atoms with E-state index in [2.05, 4.69) is 0 Å². The van der Waals surface area contributed by atoms with Gasteiger partial charge in [0.2, 0.25) is 0 Å². The Morgan fingerprint density at radius 1 is 1.18 bits per heavy atom. The molecule has 1 aromatic rings. The van der Waals surface area contributed by atoms with Crippen LogP contribution in [0.2, 0.25) is 0 Å². The van der Waals surface area contributed by atoms with E-state index in [0.717, 1.165) is 11.5 Å². The van der Waals surface area contributed by atoms with Gasteiger partial charge in [-0.2, -0.15) is 0 Å². The normalized spacial score (nSPS) is 14.1. The van der Waals surface area contributed by atoms with E-state index in [9.17, 15) is 5.11 Å². The summed E-state index contributed by atoms with van der Waals surface area (Å²) in [6, 6.07) is 7.34. The lowest BCUT2D eigenvalue weighted by atomic mass is 10.0. The number of aliphatic hydroxyl groups is 2. The van der Waals surface area contributed by atoms with Crippen molar-refractivity contribution in [3.05, 3.63) is 24.3 Å². The van der Waals surface area contributed by atoms with Gasteiger partial charge in [0, 0.05) is 0 Å². The van der Waals surface area contributed by atoms with E-state index in [-0.39, 0.29) is 6.61 Å². The predicted octanol–water partition coefficient (Wildman–Crippen LogP) is 1.60. The second-order valence-electron chi connectivity index (χ2n) is 4.28. The molecule has 0 spiro atoms. The Bertz CT molecular complexity index is 319. The van der Waals surface area contributed by atoms with Crippen LogP contribution in [0.3, 0.4) is 0 Å². The zero-order chi connectivity index (χ0) is 12.7. The third-order valence-electron chi connectivity index (χ3n) is 2.53. The molecule has 4 nitrogen and oxygen atoms in total. The summed E-state index contributed by atoms with van der Waals surface area (Å²) in [6.07, 6.45) is 1.21. The molecular weight excluding hydrogens is 220 g/mol. The molecule has 0 heterocycles. The minimum Gasteiger partial charge on any atom is -0.497 e. The zero-order valence-corrected chi connectivity index (χ0v) is 10.3. The van der Waals surface area contributed by atoms with Crippen molar-refractivity contribution in [1.82, 2.24) is 0 Å². The molecule has 0 unspecified atom stereocenters. The molecule has 0 radical (unpaired) electrons. The van der Waals surface area contributed by atoms with Crippen molar-refractivity contribution in [1.29, 1.82) is 0 Å². The molecule has 1 rings (SSSR count). The van der Waals surface area contributed by atoms with Crippen molar-refractivity contribution in [2.75, 3.05) is 20.3 Å². The number of methoxy groups -OCH3 is 1. The van der Waals surface area contributed by atoms with Crippen LogP contribution in [0.1, 0.15) is 19.8 Å². The van der Waals surface area contributed by atoms with Crippen molar-refractivity contribution in [3.63, 3.8) is 0 Å². The van der Waals surface area contributed by atoms with Crippen LogP contribution in [0.15, 0.2) is 24.3 Å². The standard InChI is InChI=1S/C13H20O4/c1-13(15,10-14)8-3-9-17-12-6-4-11(16-2)5-7-12/h4-7,14-15H,3,8-10H2,1-2H3/t13-/m0/s1. The molecule has 0 aromatic heterocycles. The second kappa shape index (κ2) is 6.47. The highest BCUT2D eigenvalue weighted by Crippen LogP contribution is 2.18. The van der Waals surface area contributed by atoms with Gasteiger partial charge >= 0.3 is 0 Å². The monoisotopic (exact) mass is 240 g/mol. The molecule has 4 heteroatoms. The predicted molar refractivity (Wildman–Crippen MR) is 65.4 cm³/mol. The Balaban J connectivity index is 2.26. The average molecular weight is 240 g/mol. The second-order valence-corrected chi connectivity index (χ2v) is 4.28. The highest BCUT2D eigenvalue weighted by atomic mass is 16.5. The molecular formula is C13H20O4. The summed E-state index contributed by atoms with van der Waals surface area (Å²) in [5.41, 5.74) is -1.01. The summed E-state index contributed by atoms with van der Waals surface area (Å²) in [6.45, 7) is 1.90. The first kappa shape index (κ1) is 13.8. The number of rotatable bonds is 7. The van der Waals surface area contributed by atoms with Gasteiger partial charge in [0.25, 0.3) is 0 Å². The smallest absolute Gasteiger partial charge is 0.119 e. The van der Waals surface area contributed by atoms with Crippen LogP contribution in [-0.2, 0) is 0 Å². The topological polar surface area (TPSA) is 58.9 Å². The van der Waals surface area contributed by atoms with Gasteiger partial charge in [-0.3, -0.25) is 0 Å². The van der Waals surface area contributed by atoms with E-state index < -0.39 is 5.60 Å². The Morgan fingerprint density at radius 3 is 2.29 bits per heavy atom. The highest BCUT2D eigenvalue weighted by Gasteiger charge is 2.17. The molecule has 0 amide bonds. The van der Waals surface area contributed by atoms with Crippen molar-refractivity contribution >= 4 is 0 Å². The Hall–Kier alpha value is -1.26. The highest BCUT2D eigenvalue weighted by molar-refractivity contribution is 5.31. The van der Waals surface area contributed by atoms with Gasteiger partial charge in [-0.1, -0.05) is 0 Å². The fourth-order valence-electron chi connectivity index (χ4n) is 1.39. The third kappa shape index (κ3) is 5.06. The lowest BCUT2D eigenvalue weighted by Crippen LogP contribution is -2.29. The molecule has 1 atom stereocenters. The summed E-state index contributed by atoms with van der Waals surface area (Å²) in [5.74, 6) is 1.56. The molecule has 96 valence electrons. The van der Waals surface area contributed by atoms with Crippen molar-refractivity contribution in [2.45, 2.75) is 25.4 Å². The van der Waals surface area contributed by atoms with Gasteiger partial charge in [0.05, 0.1) is 25.9 Å². The zero-order valence-electron chi connectivity index (χ0n) is 10.3. The van der Waals surface area contributed by atoms with Crippen LogP contribution in [0.25, 0.3) is 0 Å². The minimum absolute atomic E-state index is 0.227. The Kier molecular flexibility index (Phi) is 5.25. The molecule has 1 aromatic carbocycles. The maximum Gasteiger partial charge on any atom is 0.119 e. The number of hydrogen-bond acceptors (Lipinski definition) is 4. The fraction of sp³-hybridized carbons (Fsp3) is 0.538. The van der Waals surface area contributed by atoms with Gasteiger partial charge < -0.3 is 19.7 Å². The van der Waals surface area contributed by atoms with Crippen LogP contribution < -0.4 is 9.47 Å². The molecule has 0 aliphatic carbocycles. The number of benzene rings is 1. The molecule has 0 saturated carbocycles. The lowest BCUT2D eigenvalue weighted by molar-refractivity contribution is -0.00878.